The van der Waals surface area contributed by atoms with Crippen molar-refractivity contribution in [3.8, 4) is 11.1 Å². The number of nitrogens with zero attached hydrogens (tertiary/aromatic N) is 3. The van der Waals surface area contributed by atoms with Crippen LogP contribution in [0.4, 0.5) is 51.2 Å². The van der Waals surface area contributed by atoms with E-state index in [0.717, 1.165) is 23.5 Å². The number of rotatable bonds is 5. The normalized spacial score (nSPS) is 18.7. The highest BCUT2D eigenvalue weighted by Crippen LogP contribution is 2.54. The molecule has 1 unspecified atom stereocenters. The van der Waals surface area contributed by atoms with E-state index in [0.29, 0.717) is 5.92 Å². The molecule has 0 aromatic heterocycles. The minimum absolute atomic E-state index is 0.00538. The zero-order valence-corrected chi connectivity index (χ0v) is 46.8. The number of hydrogen-bond donors (Lipinski definition) is 0. The van der Waals surface area contributed by atoms with Gasteiger partial charge in [0.25, 0.3) is 6.71 Å². The summed E-state index contributed by atoms with van der Waals surface area (Å²) in [6.45, 7) is 31.5. The maximum Gasteiger partial charge on any atom is 0.252 e. The molecule has 2 heterocycles. The Balaban J connectivity index is 1.11. The summed E-state index contributed by atoms with van der Waals surface area (Å²) in [4.78, 5) is 7.78. The molecule has 8 aromatic rings. The van der Waals surface area contributed by atoms with Gasteiger partial charge >= 0.3 is 0 Å². The van der Waals surface area contributed by atoms with E-state index in [2.05, 4.69) is 262 Å². The number of aryl methyl sites for hydroxylation is 1. The first-order valence-corrected chi connectivity index (χ1v) is 28.0. The molecule has 8 aromatic carbocycles. The first-order chi connectivity index (χ1) is 35.6. The molecule has 0 amide bonds. The number of fused-ring (bicyclic) bond motifs is 9. The van der Waals surface area contributed by atoms with Gasteiger partial charge in [0.1, 0.15) is 0 Å². The third-order valence-electron chi connectivity index (χ3n) is 19.0. The standard InChI is InChI=1S/C71H74BN3/c1-44-36-64-66-65(37-44)75(50-26-30-56-57(40-50)69(8,9)33-32-68(56,6)7)63-43-59-58(70(10,11)34-35-71(59,12)13)42-61(63)72(66)60-31-27-51(73(47-20-16-14-17-21-47)48-22-18-15-19-23-48)41-62(60)74(64)49-25-29-52-45(2)54-38-46(67(3,4)5)24-28-53(54)55(52)39-49/h14-31,36-43,45H,32-35H2,1-13H3. The Morgan fingerprint density at radius 1 is 0.453 bits per heavy atom. The summed E-state index contributed by atoms with van der Waals surface area (Å²) in [5.41, 5.74) is 29.5. The van der Waals surface area contributed by atoms with Crippen LogP contribution in [0.1, 0.15) is 159 Å². The van der Waals surface area contributed by atoms with Crippen molar-refractivity contribution in [3.63, 3.8) is 0 Å². The maximum absolute atomic E-state index is 2.70. The first-order valence-electron chi connectivity index (χ1n) is 28.0. The van der Waals surface area contributed by atoms with Crippen molar-refractivity contribution in [2.24, 2.45) is 0 Å². The van der Waals surface area contributed by atoms with Crippen molar-refractivity contribution in [1.82, 2.24) is 0 Å². The topological polar surface area (TPSA) is 9.72 Å². The van der Waals surface area contributed by atoms with E-state index >= 15 is 0 Å². The van der Waals surface area contributed by atoms with E-state index in [-0.39, 0.29) is 33.8 Å². The van der Waals surface area contributed by atoms with Crippen LogP contribution >= 0.6 is 0 Å². The van der Waals surface area contributed by atoms with Gasteiger partial charge in [-0.15, -0.1) is 0 Å². The largest absolute Gasteiger partial charge is 0.311 e. The van der Waals surface area contributed by atoms with Gasteiger partial charge in [-0.25, -0.2) is 0 Å². The van der Waals surface area contributed by atoms with Crippen LogP contribution in [-0.4, -0.2) is 6.71 Å². The molecule has 0 saturated carbocycles. The van der Waals surface area contributed by atoms with Gasteiger partial charge in [0.2, 0.25) is 0 Å². The van der Waals surface area contributed by atoms with E-state index in [1.807, 2.05) is 0 Å². The van der Waals surface area contributed by atoms with Gasteiger partial charge in [-0.1, -0.05) is 162 Å². The summed E-state index contributed by atoms with van der Waals surface area (Å²) in [6, 6.07) is 61.7. The van der Waals surface area contributed by atoms with Gasteiger partial charge in [-0.3, -0.25) is 0 Å². The van der Waals surface area contributed by atoms with Gasteiger partial charge in [-0.2, -0.15) is 0 Å². The van der Waals surface area contributed by atoms with Gasteiger partial charge in [0.05, 0.1) is 0 Å². The summed E-state index contributed by atoms with van der Waals surface area (Å²) >= 11 is 0. The Labute approximate surface area is 448 Å². The van der Waals surface area contributed by atoms with Crippen molar-refractivity contribution < 1.29 is 0 Å². The van der Waals surface area contributed by atoms with Gasteiger partial charge in [0.15, 0.2) is 0 Å². The van der Waals surface area contributed by atoms with Crippen molar-refractivity contribution >= 4 is 74.3 Å². The number of hydrogen-bond acceptors (Lipinski definition) is 3. The van der Waals surface area contributed by atoms with Crippen LogP contribution in [0.3, 0.4) is 0 Å². The minimum atomic E-state index is -0.00538. The van der Waals surface area contributed by atoms with Crippen molar-refractivity contribution in [1.29, 1.82) is 0 Å². The summed E-state index contributed by atoms with van der Waals surface area (Å²) in [6.07, 6.45) is 4.70. The molecule has 0 fully saturated rings. The third-order valence-corrected chi connectivity index (χ3v) is 19.0. The fourth-order valence-electron chi connectivity index (χ4n) is 14.3. The molecule has 376 valence electrons. The molecule has 0 saturated heterocycles. The Morgan fingerprint density at radius 3 is 1.59 bits per heavy atom. The molecular weight excluding hydrogens is 906 g/mol. The molecule has 5 aliphatic rings. The number of benzene rings is 8. The molecule has 0 N–H and O–H groups in total. The van der Waals surface area contributed by atoms with Crippen LogP contribution in [0.5, 0.6) is 0 Å². The lowest BCUT2D eigenvalue weighted by Gasteiger charge is -2.48. The predicted molar refractivity (Wildman–Crippen MR) is 322 cm³/mol. The van der Waals surface area contributed by atoms with Gasteiger partial charge in [-0.05, 0) is 211 Å². The highest BCUT2D eigenvalue weighted by molar-refractivity contribution is 7.00. The molecule has 13 rings (SSSR count). The zero-order valence-electron chi connectivity index (χ0n) is 46.8. The Kier molecular flexibility index (Phi) is 10.5. The maximum atomic E-state index is 2.70. The van der Waals surface area contributed by atoms with E-state index in [1.54, 1.807) is 0 Å². The van der Waals surface area contributed by atoms with E-state index < -0.39 is 0 Å². The second kappa shape index (κ2) is 16.4. The van der Waals surface area contributed by atoms with E-state index in [1.165, 1.54) is 125 Å². The second-order valence-electron chi connectivity index (χ2n) is 26.8. The Morgan fingerprint density at radius 2 is 0.987 bits per heavy atom. The summed E-state index contributed by atoms with van der Waals surface area (Å²) in [7, 11) is 0. The molecule has 3 aliphatic carbocycles. The third kappa shape index (κ3) is 7.35. The minimum Gasteiger partial charge on any atom is -0.311 e. The van der Waals surface area contributed by atoms with Crippen LogP contribution in [0.2, 0.25) is 0 Å². The van der Waals surface area contributed by atoms with Crippen molar-refractivity contribution in [2.45, 2.75) is 149 Å². The SMILES string of the molecule is Cc1cc2c3c(c1)N(c1ccc4c(c1)C(C)(C)CCC4(C)C)c1cc4c(cc1B3c1ccc(N(c3ccccc3)c3ccccc3)cc1N2c1ccc2c(c1)-c1ccc(C(C)(C)C)cc1C2C)C(C)(C)CCC4(C)C. The van der Waals surface area contributed by atoms with Crippen LogP contribution in [0.25, 0.3) is 11.1 Å². The average molecular weight is 980 g/mol. The van der Waals surface area contributed by atoms with Crippen molar-refractivity contribution in [3.05, 3.63) is 202 Å². The average Bonchev–Trinajstić information content (AvgIpc) is 3.66. The van der Waals surface area contributed by atoms with Gasteiger partial charge in [0, 0.05) is 57.1 Å². The van der Waals surface area contributed by atoms with Gasteiger partial charge < -0.3 is 14.7 Å². The smallest absolute Gasteiger partial charge is 0.252 e. The lowest BCUT2D eigenvalue weighted by atomic mass is 9.33. The van der Waals surface area contributed by atoms with Crippen LogP contribution in [0.15, 0.2) is 158 Å². The Bertz CT molecular complexity index is 3610. The molecular formula is C71H74BN3. The molecule has 0 radical (unpaired) electrons. The van der Waals surface area contributed by atoms with Crippen molar-refractivity contribution in [2.75, 3.05) is 14.7 Å². The Hall–Kier alpha value is -6.78. The van der Waals surface area contributed by atoms with Crippen LogP contribution in [-0.2, 0) is 27.1 Å². The zero-order chi connectivity index (χ0) is 52.3. The molecule has 4 heteroatoms. The predicted octanol–water partition coefficient (Wildman–Crippen LogP) is 17.7. The van der Waals surface area contributed by atoms with Crippen LogP contribution in [0, 0.1) is 6.92 Å². The number of para-hydroxylation sites is 2. The summed E-state index contributed by atoms with van der Waals surface area (Å²) < 4.78 is 0. The quantitative estimate of drug-likeness (QED) is 0.159. The second-order valence-corrected chi connectivity index (χ2v) is 26.8. The molecule has 0 spiro atoms. The fourth-order valence-corrected chi connectivity index (χ4v) is 14.3. The fraction of sp³-hybridized carbons (Fsp3) is 0.324. The van der Waals surface area contributed by atoms with Crippen LogP contribution < -0.4 is 31.1 Å². The molecule has 1 atom stereocenters. The summed E-state index contributed by atoms with van der Waals surface area (Å²) in [5, 5.41) is 0. The lowest BCUT2D eigenvalue weighted by molar-refractivity contribution is 0.332. The number of anilines is 9. The molecule has 0 bridgehead atoms. The monoisotopic (exact) mass is 980 g/mol. The molecule has 2 aliphatic heterocycles. The highest BCUT2D eigenvalue weighted by atomic mass is 15.2. The van der Waals surface area contributed by atoms with E-state index in [9.17, 15) is 0 Å². The molecule has 3 nitrogen and oxygen atoms in total. The lowest BCUT2D eigenvalue weighted by Crippen LogP contribution is -2.62. The first kappa shape index (κ1) is 47.9. The van der Waals surface area contributed by atoms with E-state index in [4.69, 9.17) is 0 Å². The highest BCUT2D eigenvalue weighted by Gasteiger charge is 2.48. The molecule has 75 heavy (non-hydrogen) atoms. The summed E-state index contributed by atoms with van der Waals surface area (Å²) in [5.74, 6) is 0.311.